The largest absolute Gasteiger partial charge is 1.00 e. The maximum Gasteiger partial charge on any atom is 1.00 e. The predicted molar refractivity (Wildman–Crippen MR) is 90.0 cm³/mol. The van der Waals surface area contributed by atoms with E-state index in [4.69, 9.17) is 0 Å². The monoisotopic (exact) mass is 526 g/mol. The Labute approximate surface area is 189 Å². The molecule has 4 heteroatoms. The Morgan fingerprint density at radius 2 is 1.40 bits per heavy atom. The van der Waals surface area contributed by atoms with Gasteiger partial charge >= 0.3 is 194 Å². The molecule has 0 nitrogen and oxygen atoms in total. The van der Waals surface area contributed by atoms with E-state index in [2.05, 4.69) is 38.3 Å². The minimum atomic E-state index is -4.18. The van der Waals surface area contributed by atoms with Crippen molar-refractivity contribution in [1.29, 1.82) is 0 Å². The smallest absolute Gasteiger partial charge is 1.00 e. The number of halogens is 1. The first-order valence-electron chi connectivity index (χ1n) is 8.02. The van der Waals surface area contributed by atoms with Gasteiger partial charge in [0.1, 0.15) is 0 Å². The number of hydrogen-bond acceptors (Lipinski definition) is 1. The molecule has 0 saturated heterocycles. The van der Waals surface area contributed by atoms with Crippen molar-refractivity contribution in [3.63, 3.8) is 0 Å². The summed E-state index contributed by atoms with van der Waals surface area (Å²) in [6.07, 6.45) is 6.60. The minimum absolute atomic E-state index is 0. The van der Waals surface area contributed by atoms with Gasteiger partial charge < -0.3 is 0 Å². The first kappa shape index (κ1) is 22.5. The third-order valence-electron chi connectivity index (χ3n) is 4.45. The van der Waals surface area contributed by atoms with Gasteiger partial charge in [-0.1, -0.05) is 0 Å². The molecule has 1 aromatic heterocycles. The first-order chi connectivity index (χ1) is 9.09. The van der Waals surface area contributed by atoms with Crippen molar-refractivity contribution >= 4 is 31.8 Å². The molecule has 1 rings (SSSR count). The van der Waals surface area contributed by atoms with Gasteiger partial charge in [-0.15, -0.1) is 0 Å². The van der Waals surface area contributed by atoms with E-state index in [9.17, 15) is 0 Å². The SMILES string of the molecule is CCC[CH2][Sn-]([F])([CH2]CCC)([CH2]CCC)[c]1cccs1.[Cs+]. The molecule has 0 aliphatic carbocycles. The van der Waals surface area contributed by atoms with Gasteiger partial charge in [-0.2, -0.15) is 0 Å². The summed E-state index contributed by atoms with van der Waals surface area (Å²) >= 11 is -2.48. The van der Waals surface area contributed by atoms with Crippen LogP contribution in [0.25, 0.3) is 0 Å². The molecule has 112 valence electrons. The summed E-state index contributed by atoms with van der Waals surface area (Å²) in [5.74, 6) is 0. The minimum Gasteiger partial charge on any atom is 1.00 e. The maximum absolute atomic E-state index is 16.5. The Morgan fingerprint density at radius 1 is 0.950 bits per heavy atom. The maximum atomic E-state index is 16.5. The van der Waals surface area contributed by atoms with E-state index in [0.29, 0.717) is 0 Å². The zero-order chi connectivity index (χ0) is 14.2. The Balaban J connectivity index is 0.00000361. The van der Waals surface area contributed by atoms with Gasteiger partial charge in [0.25, 0.3) is 0 Å². The molecule has 0 aliphatic rings. The molecule has 1 aromatic rings. The van der Waals surface area contributed by atoms with Crippen LogP contribution in [0.2, 0.25) is 13.3 Å². The standard InChI is InChI=1S/C4H3S.3C4H9.Cs.FH.Sn/c1-2-4-5-3-1;3*1-3-4-2;;;/h1-3H;3*1,3-4H2,2H3;;1H;/q;;;;+1;;/p-1. The van der Waals surface area contributed by atoms with E-state index in [1.165, 1.54) is 2.89 Å². The molecule has 0 saturated carbocycles. The van der Waals surface area contributed by atoms with E-state index in [1.54, 1.807) is 11.3 Å². The van der Waals surface area contributed by atoms with Gasteiger partial charge in [-0.3, -0.25) is 0 Å². The summed E-state index contributed by atoms with van der Waals surface area (Å²) < 4.78 is 20.4. The van der Waals surface area contributed by atoms with Crippen molar-refractivity contribution in [2.75, 3.05) is 0 Å². The van der Waals surface area contributed by atoms with Crippen LogP contribution < -0.4 is 71.8 Å². The van der Waals surface area contributed by atoms with Crippen LogP contribution in [0.1, 0.15) is 59.3 Å². The molecular formula is C16H30CsFSSn. The summed E-state index contributed by atoms with van der Waals surface area (Å²) in [5.41, 5.74) is 0. The number of unbranched alkanes of at least 4 members (excludes halogenated alkanes) is 3. The molecule has 0 fully saturated rings. The molecule has 0 aromatic carbocycles. The Morgan fingerprint density at radius 3 is 1.70 bits per heavy atom. The van der Waals surface area contributed by atoms with Crippen LogP contribution in [0.15, 0.2) is 17.5 Å². The normalized spacial score (nSPS) is 13.5. The van der Waals surface area contributed by atoms with Crippen molar-refractivity contribution in [3.05, 3.63) is 17.5 Å². The molecule has 0 aliphatic heterocycles. The average molecular weight is 525 g/mol. The summed E-state index contributed by atoms with van der Waals surface area (Å²) in [7, 11) is 0. The third kappa shape index (κ3) is 6.17. The molecule has 0 radical (unpaired) electrons. The van der Waals surface area contributed by atoms with E-state index in [0.717, 1.165) is 51.8 Å². The molecule has 0 bridgehead atoms. The fourth-order valence-corrected chi connectivity index (χ4v) is 24.7. The summed E-state index contributed by atoms with van der Waals surface area (Å²) in [5, 5.41) is 2.08. The van der Waals surface area contributed by atoms with Gasteiger partial charge in [-0.05, 0) is 0 Å². The van der Waals surface area contributed by atoms with E-state index >= 15 is 2.87 Å². The van der Waals surface area contributed by atoms with Gasteiger partial charge in [0.05, 0.1) is 0 Å². The topological polar surface area (TPSA) is 0 Å². The molecule has 0 spiro atoms. The summed E-state index contributed by atoms with van der Waals surface area (Å²) in [6.45, 7) is 6.57. The predicted octanol–water partition coefficient (Wildman–Crippen LogP) is 3.23. The number of rotatable bonds is 10. The van der Waals surface area contributed by atoms with Crippen molar-refractivity contribution in [2.45, 2.75) is 72.6 Å². The van der Waals surface area contributed by atoms with E-state index < -0.39 is 17.6 Å². The Kier molecular flexibility index (Phi) is 12.5. The van der Waals surface area contributed by atoms with Crippen LogP contribution in [-0.4, -0.2) is 17.6 Å². The molecular weight excluding hydrogens is 495 g/mol. The number of hydrogen-bond donors (Lipinski definition) is 0. The van der Waals surface area contributed by atoms with Crippen LogP contribution in [0.5, 0.6) is 0 Å². The van der Waals surface area contributed by atoms with Crippen LogP contribution >= 0.6 is 11.3 Å². The van der Waals surface area contributed by atoms with E-state index in [-0.39, 0.29) is 68.9 Å². The van der Waals surface area contributed by atoms with Gasteiger partial charge in [0.2, 0.25) is 0 Å². The quantitative estimate of drug-likeness (QED) is 0.412. The van der Waals surface area contributed by atoms with Gasteiger partial charge in [0, 0.05) is 0 Å². The Hall–Kier alpha value is 2.48. The second kappa shape index (κ2) is 11.1. The second-order valence-electron chi connectivity index (χ2n) is 6.06. The van der Waals surface area contributed by atoms with Gasteiger partial charge in [-0.25, -0.2) is 0 Å². The molecule has 0 unspecified atom stereocenters. The van der Waals surface area contributed by atoms with Crippen LogP contribution in [0, 0.1) is 0 Å². The number of thiophene rings is 1. The summed E-state index contributed by atoms with van der Waals surface area (Å²) in [4.78, 5) is 0. The molecule has 0 N–H and O–H groups in total. The average Bonchev–Trinajstić information content (AvgIpc) is 2.97. The van der Waals surface area contributed by atoms with E-state index in [1.807, 2.05) is 0 Å². The van der Waals surface area contributed by atoms with Gasteiger partial charge in [0.15, 0.2) is 0 Å². The van der Waals surface area contributed by atoms with Crippen LogP contribution in [0.4, 0.5) is 2.87 Å². The summed E-state index contributed by atoms with van der Waals surface area (Å²) in [6, 6.07) is 4.16. The fourth-order valence-electron chi connectivity index (χ4n) is 3.12. The van der Waals surface area contributed by atoms with Crippen molar-refractivity contribution < 1.29 is 71.8 Å². The first-order valence-corrected chi connectivity index (χ1v) is 17.5. The van der Waals surface area contributed by atoms with Crippen molar-refractivity contribution in [3.8, 4) is 0 Å². The van der Waals surface area contributed by atoms with Crippen LogP contribution in [0.3, 0.4) is 0 Å². The molecule has 1 heterocycles. The fraction of sp³-hybridized carbons (Fsp3) is 0.750. The molecule has 0 amide bonds. The molecule has 0 atom stereocenters. The molecule has 20 heavy (non-hydrogen) atoms. The third-order valence-corrected chi connectivity index (χ3v) is 26.4. The van der Waals surface area contributed by atoms with Crippen LogP contribution in [-0.2, 0) is 0 Å². The van der Waals surface area contributed by atoms with Crippen molar-refractivity contribution in [1.82, 2.24) is 0 Å². The second-order valence-corrected chi connectivity index (χ2v) is 24.0. The van der Waals surface area contributed by atoms with Crippen molar-refractivity contribution in [2.24, 2.45) is 0 Å². The zero-order valence-electron chi connectivity index (χ0n) is 13.9. The zero-order valence-corrected chi connectivity index (χ0v) is 23.8. The Bertz CT molecular complexity index is 329.